The van der Waals surface area contributed by atoms with E-state index >= 15 is 0 Å². The van der Waals surface area contributed by atoms with Gasteiger partial charge in [0.1, 0.15) is 0 Å². The normalized spacial score (nSPS) is 24.6. The molecule has 1 atom stereocenters. The molecule has 0 aromatic rings. The van der Waals surface area contributed by atoms with Gasteiger partial charge in [0.15, 0.2) is 0 Å². The Morgan fingerprint density at radius 1 is 1.69 bits per heavy atom. The van der Waals surface area contributed by atoms with Gasteiger partial charge in [-0.2, -0.15) is 0 Å². The van der Waals surface area contributed by atoms with Gasteiger partial charge in [-0.05, 0) is 36.8 Å². The maximum absolute atomic E-state index is 4.04. The second-order valence-electron chi connectivity index (χ2n) is 3.36. The molecule has 0 radical (unpaired) electrons. The van der Waals surface area contributed by atoms with Crippen LogP contribution >= 0.6 is 0 Å². The van der Waals surface area contributed by atoms with Crippen LogP contribution in [0.1, 0.15) is 20.3 Å². The predicted molar refractivity (Wildman–Crippen MR) is 58.4 cm³/mol. The van der Waals surface area contributed by atoms with Gasteiger partial charge in [-0.25, -0.2) is 0 Å². The smallest absolute Gasteiger partial charge is 0.0480 e. The first-order valence-corrected chi connectivity index (χ1v) is 4.66. The molecule has 0 saturated heterocycles. The van der Waals surface area contributed by atoms with E-state index in [1.807, 2.05) is 12.3 Å². The van der Waals surface area contributed by atoms with Crippen molar-refractivity contribution in [2.75, 3.05) is 0 Å². The molecule has 1 heteroatoms. The van der Waals surface area contributed by atoms with Crippen molar-refractivity contribution >= 4 is 0 Å². The Labute approximate surface area is 80.5 Å². The van der Waals surface area contributed by atoms with E-state index in [4.69, 9.17) is 0 Å². The van der Waals surface area contributed by atoms with Crippen LogP contribution in [0.25, 0.3) is 0 Å². The van der Waals surface area contributed by atoms with Gasteiger partial charge in [-0.15, -0.1) is 0 Å². The third-order valence-corrected chi connectivity index (χ3v) is 2.32. The molecule has 0 spiro atoms. The zero-order valence-corrected chi connectivity index (χ0v) is 8.43. The average molecular weight is 175 g/mol. The SMILES string of the molecule is C=C(/C=C1/C=CNC(C)C1=C)CC. The Bertz CT molecular complexity index is 281. The molecule has 1 aliphatic rings. The van der Waals surface area contributed by atoms with Crippen molar-refractivity contribution in [3.05, 3.63) is 48.2 Å². The quantitative estimate of drug-likeness (QED) is 0.680. The largest absolute Gasteiger partial charge is 0.384 e. The molecule has 1 N–H and O–H groups in total. The highest BCUT2D eigenvalue weighted by Gasteiger charge is 2.11. The van der Waals surface area contributed by atoms with Gasteiger partial charge >= 0.3 is 0 Å². The van der Waals surface area contributed by atoms with E-state index in [0.29, 0.717) is 6.04 Å². The summed E-state index contributed by atoms with van der Waals surface area (Å²) in [5.41, 5.74) is 3.48. The summed E-state index contributed by atoms with van der Waals surface area (Å²) in [6.45, 7) is 12.2. The third kappa shape index (κ3) is 2.35. The molecule has 0 saturated carbocycles. The van der Waals surface area contributed by atoms with E-state index in [1.54, 1.807) is 0 Å². The Balaban J connectivity index is 2.85. The first-order chi connectivity index (χ1) is 6.15. The number of hydrogen-bond acceptors (Lipinski definition) is 1. The van der Waals surface area contributed by atoms with Crippen LogP contribution in [0, 0.1) is 0 Å². The van der Waals surface area contributed by atoms with Gasteiger partial charge in [-0.3, -0.25) is 0 Å². The number of hydrogen-bond donors (Lipinski definition) is 1. The average Bonchev–Trinajstić information content (AvgIpc) is 2.13. The molecule has 0 aromatic heterocycles. The van der Waals surface area contributed by atoms with E-state index in [2.05, 4.69) is 38.4 Å². The van der Waals surface area contributed by atoms with Crippen molar-refractivity contribution in [1.82, 2.24) is 5.32 Å². The van der Waals surface area contributed by atoms with Gasteiger partial charge in [0.25, 0.3) is 0 Å². The molecule has 0 fully saturated rings. The number of nitrogens with one attached hydrogen (secondary N) is 1. The first-order valence-electron chi connectivity index (χ1n) is 4.66. The molecule has 1 rings (SSSR count). The Hall–Kier alpha value is -1.24. The molecule has 0 bridgehead atoms. The summed E-state index contributed by atoms with van der Waals surface area (Å²) in [4.78, 5) is 0. The fraction of sp³-hybridized carbons (Fsp3) is 0.333. The summed E-state index contributed by atoms with van der Waals surface area (Å²) in [5.74, 6) is 0. The molecule has 13 heavy (non-hydrogen) atoms. The van der Waals surface area contributed by atoms with E-state index in [0.717, 1.165) is 17.6 Å². The fourth-order valence-electron chi connectivity index (χ4n) is 1.20. The summed E-state index contributed by atoms with van der Waals surface area (Å²) in [5, 5.41) is 3.20. The molecule has 70 valence electrons. The van der Waals surface area contributed by atoms with Gasteiger partial charge < -0.3 is 5.32 Å². The summed E-state index contributed by atoms with van der Waals surface area (Å²) in [6, 6.07) is 0.334. The number of allylic oxidation sites excluding steroid dienone is 3. The maximum Gasteiger partial charge on any atom is 0.0480 e. The van der Waals surface area contributed by atoms with E-state index < -0.39 is 0 Å². The zero-order valence-electron chi connectivity index (χ0n) is 8.43. The van der Waals surface area contributed by atoms with Crippen molar-refractivity contribution in [1.29, 1.82) is 0 Å². The summed E-state index contributed by atoms with van der Waals surface area (Å²) in [7, 11) is 0. The van der Waals surface area contributed by atoms with Crippen molar-refractivity contribution in [3.8, 4) is 0 Å². The van der Waals surface area contributed by atoms with Gasteiger partial charge in [-0.1, -0.05) is 31.7 Å². The van der Waals surface area contributed by atoms with Crippen LogP contribution in [0.5, 0.6) is 0 Å². The van der Waals surface area contributed by atoms with Crippen LogP contribution in [0.2, 0.25) is 0 Å². The second kappa shape index (κ2) is 4.13. The molecule has 1 heterocycles. The highest BCUT2D eigenvalue weighted by molar-refractivity contribution is 5.46. The lowest BCUT2D eigenvalue weighted by Crippen LogP contribution is -2.26. The van der Waals surface area contributed by atoms with Crippen molar-refractivity contribution in [2.24, 2.45) is 0 Å². The standard InChI is InChI=1S/C12H17N/c1-5-9(2)8-12-6-7-13-11(4)10(12)3/h6-8,11,13H,2-3,5H2,1,4H3/b12-8-. The van der Waals surface area contributed by atoms with Gasteiger partial charge in [0.05, 0.1) is 0 Å². The highest BCUT2D eigenvalue weighted by atomic mass is 14.9. The lowest BCUT2D eigenvalue weighted by atomic mass is 9.96. The van der Waals surface area contributed by atoms with Crippen LogP contribution in [0.3, 0.4) is 0 Å². The summed E-state index contributed by atoms with van der Waals surface area (Å²) >= 11 is 0. The first kappa shape index (κ1) is 9.85. The highest BCUT2D eigenvalue weighted by Crippen LogP contribution is 2.19. The van der Waals surface area contributed by atoms with Crippen molar-refractivity contribution in [2.45, 2.75) is 26.3 Å². The number of rotatable bonds is 2. The van der Waals surface area contributed by atoms with Crippen LogP contribution in [0.4, 0.5) is 0 Å². The van der Waals surface area contributed by atoms with Crippen LogP contribution in [-0.2, 0) is 0 Å². The second-order valence-corrected chi connectivity index (χ2v) is 3.36. The van der Waals surface area contributed by atoms with Gasteiger partial charge in [0, 0.05) is 6.04 Å². The van der Waals surface area contributed by atoms with E-state index in [-0.39, 0.29) is 0 Å². The zero-order chi connectivity index (χ0) is 9.84. The minimum Gasteiger partial charge on any atom is -0.384 e. The Kier molecular flexibility index (Phi) is 3.13. The molecule has 1 unspecified atom stereocenters. The topological polar surface area (TPSA) is 12.0 Å². The molecule has 0 aromatic carbocycles. The van der Waals surface area contributed by atoms with Crippen molar-refractivity contribution in [3.63, 3.8) is 0 Å². The molecular formula is C12H17N. The Morgan fingerprint density at radius 3 is 3.00 bits per heavy atom. The lowest BCUT2D eigenvalue weighted by Gasteiger charge is -2.21. The molecule has 0 amide bonds. The van der Waals surface area contributed by atoms with Crippen LogP contribution < -0.4 is 5.32 Å². The Morgan fingerprint density at radius 2 is 2.38 bits per heavy atom. The van der Waals surface area contributed by atoms with E-state index in [1.165, 1.54) is 5.57 Å². The lowest BCUT2D eigenvalue weighted by molar-refractivity contribution is 0.724. The molecule has 1 nitrogen and oxygen atoms in total. The van der Waals surface area contributed by atoms with Crippen LogP contribution in [-0.4, -0.2) is 6.04 Å². The fourth-order valence-corrected chi connectivity index (χ4v) is 1.20. The molecular weight excluding hydrogens is 158 g/mol. The summed E-state index contributed by atoms with van der Waals surface area (Å²) < 4.78 is 0. The third-order valence-electron chi connectivity index (χ3n) is 2.32. The van der Waals surface area contributed by atoms with Gasteiger partial charge in [0.2, 0.25) is 0 Å². The minimum absolute atomic E-state index is 0.334. The molecule has 0 aliphatic carbocycles. The van der Waals surface area contributed by atoms with E-state index in [9.17, 15) is 0 Å². The molecule has 1 aliphatic heterocycles. The van der Waals surface area contributed by atoms with Crippen molar-refractivity contribution < 1.29 is 0 Å². The summed E-state index contributed by atoms with van der Waals surface area (Å²) in [6.07, 6.45) is 7.11. The monoisotopic (exact) mass is 175 g/mol. The van der Waals surface area contributed by atoms with Crippen LogP contribution in [0.15, 0.2) is 48.2 Å². The minimum atomic E-state index is 0.334. The maximum atomic E-state index is 4.04. The predicted octanol–water partition coefficient (Wildman–Crippen LogP) is 2.94.